The molecule has 0 aromatic carbocycles. The molecule has 0 aliphatic heterocycles. The maximum Gasteiger partial charge on any atom is 0.0611 e. The Hall–Kier alpha value is -0.160. The third kappa shape index (κ3) is 7.88. The summed E-state index contributed by atoms with van der Waals surface area (Å²) in [5.41, 5.74) is -0.186. The van der Waals surface area contributed by atoms with Crippen molar-refractivity contribution < 1.29 is 9.84 Å². The Bertz CT molecular complexity index is 214. The molecule has 2 N–H and O–H groups in total. The van der Waals surface area contributed by atoms with Crippen LogP contribution in [0.4, 0.5) is 0 Å². The first-order chi connectivity index (χ1) is 9.02. The number of hydrogen-bond acceptors (Lipinski definition) is 4. The van der Waals surface area contributed by atoms with Gasteiger partial charge in [0.2, 0.25) is 0 Å². The second-order valence-electron chi connectivity index (χ2n) is 5.52. The first-order valence-corrected chi connectivity index (χ1v) is 7.70. The third-order valence-corrected chi connectivity index (χ3v) is 3.65. The molecular weight excluding hydrogens is 240 g/mol. The topological polar surface area (TPSA) is 44.7 Å². The highest BCUT2D eigenvalue weighted by atomic mass is 16.5. The van der Waals surface area contributed by atoms with Crippen LogP contribution in [0.3, 0.4) is 0 Å². The van der Waals surface area contributed by atoms with Crippen molar-refractivity contribution in [2.75, 3.05) is 39.5 Å². The molecule has 0 fully saturated rings. The van der Waals surface area contributed by atoms with E-state index in [1.165, 1.54) is 0 Å². The molecule has 0 radical (unpaired) electrons. The fourth-order valence-corrected chi connectivity index (χ4v) is 2.42. The molecule has 0 spiro atoms. The van der Waals surface area contributed by atoms with Crippen LogP contribution in [-0.4, -0.2) is 61.0 Å². The summed E-state index contributed by atoms with van der Waals surface area (Å²) in [6.07, 6.45) is 2.04. The molecule has 0 saturated carbocycles. The fourth-order valence-electron chi connectivity index (χ4n) is 2.42. The van der Waals surface area contributed by atoms with E-state index in [-0.39, 0.29) is 12.1 Å². The van der Waals surface area contributed by atoms with Gasteiger partial charge in [-0.15, -0.1) is 0 Å². The summed E-state index contributed by atoms with van der Waals surface area (Å²) < 4.78 is 5.43. The minimum atomic E-state index is -0.186. The van der Waals surface area contributed by atoms with Crippen LogP contribution < -0.4 is 5.32 Å². The molecule has 2 atom stereocenters. The molecule has 4 heteroatoms. The molecule has 4 nitrogen and oxygen atoms in total. The summed E-state index contributed by atoms with van der Waals surface area (Å²) in [4.78, 5) is 2.41. The molecule has 0 heterocycles. The highest BCUT2D eigenvalue weighted by Gasteiger charge is 2.27. The van der Waals surface area contributed by atoms with E-state index < -0.39 is 0 Å². The standard InChI is InChI=1S/C15H34N2O2/c1-6-9-16-15(5,13-18)12-14(4)17(7-2)10-11-19-8-3/h14,16,18H,6-13H2,1-5H3. The van der Waals surface area contributed by atoms with E-state index >= 15 is 0 Å². The Labute approximate surface area is 119 Å². The molecule has 0 rings (SSSR count). The summed E-state index contributed by atoms with van der Waals surface area (Å²) in [6.45, 7) is 15.4. The molecule has 0 saturated heterocycles. The van der Waals surface area contributed by atoms with E-state index in [1.807, 2.05) is 6.92 Å². The highest BCUT2D eigenvalue weighted by molar-refractivity contribution is 4.87. The van der Waals surface area contributed by atoms with Gasteiger partial charge in [-0.1, -0.05) is 13.8 Å². The van der Waals surface area contributed by atoms with Crippen LogP contribution in [0, 0.1) is 0 Å². The van der Waals surface area contributed by atoms with E-state index in [2.05, 4.69) is 37.9 Å². The van der Waals surface area contributed by atoms with Crippen LogP contribution in [-0.2, 0) is 4.74 Å². The quantitative estimate of drug-likeness (QED) is 0.533. The number of ether oxygens (including phenoxy) is 1. The van der Waals surface area contributed by atoms with Gasteiger partial charge < -0.3 is 15.2 Å². The highest BCUT2D eigenvalue weighted by Crippen LogP contribution is 2.16. The normalized spacial score (nSPS) is 16.6. The van der Waals surface area contributed by atoms with Crippen LogP contribution in [0.5, 0.6) is 0 Å². The van der Waals surface area contributed by atoms with Gasteiger partial charge in [-0.3, -0.25) is 4.90 Å². The van der Waals surface area contributed by atoms with Gasteiger partial charge in [0.1, 0.15) is 0 Å². The average molecular weight is 274 g/mol. The third-order valence-electron chi connectivity index (χ3n) is 3.65. The van der Waals surface area contributed by atoms with Gasteiger partial charge in [0.15, 0.2) is 0 Å². The number of hydrogen-bond donors (Lipinski definition) is 2. The van der Waals surface area contributed by atoms with Crippen molar-refractivity contribution >= 4 is 0 Å². The lowest BCUT2D eigenvalue weighted by Crippen LogP contribution is -2.51. The van der Waals surface area contributed by atoms with Crippen LogP contribution in [0.2, 0.25) is 0 Å². The number of nitrogens with zero attached hydrogens (tertiary/aromatic N) is 1. The molecule has 0 aliphatic rings. The zero-order valence-corrected chi connectivity index (χ0v) is 13.5. The molecule has 0 aliphatic carbocycles. The lowest BCUT2D eigenvalue weighted by atomic mass is 9.93. The fraction of sp³-hybridized carbons (Fsp3) is 1.00. The summed E-state index contributed by atoms with van der Waals surface area (Å²) >= 11 is 0. The van der Waals surface area contributed by atoms with Crippen molar-refractivity contribution in [3.05, 3.63) is 0 Å². The number of nitrogens with one attached hydrogen (secondary N) is 1. The van der Waals surface area contributed by atoms with Crippen LogP contribution in [0.15, 0.2) is 0 Å². The maximum absolute atomic E-state index is 9.62. The number of aliphatic hydroxyl groups excluding tert-OH is 1. The summed E-state index contributed by atoms with van der Waals surface area (Å²) in [5.74, 6) is 0. The van der Waals surface area contributed by atoms with Crippen molar-refractivity contribution in [3.63, 3.8) is 0 Å². The second-order valence-corrected chi connectivity index (χ2v) is 5.52. The Morgan fingerprint density at radius 1 is 1.32 bits per heavy atom. The molecule has 2 unspecified atom stereocenters. The Morgan fingerprint density at radius 3 is 2.47 bits per heavy atom. The molecule has 19 heavy (non-hydrogen) atoms. The minimum Gasteiger partial charge on any atom is -0.394 e. The van der Waals surface area contributed by atoms with Gasteiger partial charge in [-0.2, -0.15) is 0 Å². The lowest BCUT2D eigenvalue weighted by molar-refractivity contribution is 0.0788. The SMILES string of the molecule is CCCNC(C)(CO)CC(C)N(CC)CCOCC. The Morgan fingerprint density at radius 2 is 2.00 bits per heavy atom. The predicted molar refractivity (Wildman–Crippen MR) is 81.6 cm³/mol. The zero-order valence-electron chi connectivity index (χ0n) is 13.5. The largest absolute Gasteiger partial charge is 0.394 e. The smallest absolute Gasteiger partial charge is 0.0611 e. The zero-order chi connectivity index (χ0) is 14.7. The van der Waals surface area contributed by atoms with Crippen molar-refractivity contribution in [2.45, 2.75) is 59.0 Å². The predicted octanol–water partition coefficient (Wildman–Crippen LogP) is 1.87. The van der Waals surface area contributed by atoms with Crippen molar-refractivity contribution in [1.82, 2.24) is 10.2 Å². The van der Waals surface area contributed by atoms with E-state index in [4.69, 9.17) is 4.74 Å². The van der Waals surface area contributed by atoms with Gasteiger partial charge in [0.25, 0.3) is 0 Å². The van der Waals surface area contributed by atoms with E-state index in [1.54, 1.807) is 0 Å². The number of rotatable bonds is 12. The summed E-state index contributed by atoms with van der Waals surface area (Å²) in [5, 5.41) is 13.1. The Balaban J connectivity index is 4.29. The minimum absolute atomic E-state index is 0.181. The van der Waals surface area contributed by atoms with Crippen LogP contribution in [0.1, 0.15) is 47.5 Å². The van der Waals surface area contributed by atoms with Crippen molar-refractivity contribution in [2.24, 2.45) is 0 Å². The second kappa shape index (κ2) is 10.6. The first-order valence-electron chi connectivity index (χ1n) is 7.70. The Kier molecular flexibility index (Phi) is 10.5. The molecule has 0 aromatic rings. The average Bonchev–Trinajstić information content (AvgIpc) is 2.41. The van der Waals surface area contributed by atoms with Gasteiger partial charge in [0.05, 0.1) is 13.2 Å². The molecule has 0 bridgehead atoms. The van der Waals surface area contributed by atoms with Gasteiger partial charge >= 0.3 is 0 Å². The van der Waals surface area contributed by atoms with E-state index in [9.17, 15) is 5.11 Å². The van der Waals surface area contributed by atoms with Crippen LogP contribution >= 0.6 is 0 Å². The van der Waals surface area contributed by atoms with E-state index in [0.717, 1.165) is 45.7 Å². The number of likely N-dealkylation sites (N-methyl/N-ethyl adjacent to an activating group) is 1. The molecule has 0 aromatic heterocycles. The summed E-state index contributed by atoms with van der Waals surface area (Å²) in [7, 11) is 0. The van der Waals surface area contributed by atoms with Gasteiger partial charge in [-0.05, 0) is 46.7 Å². The number of aliphatic hydroxyl groups is 1. The maximum atomic E-state index is 9.62. The van der Waals surface area contributed by atoms with Crippen LogP contribution in [0.25, 0.3) is 0 Å². The lowest BCUT2D eigenvalue weighted by Gasteiger charge is -2.36. The van der Waals surface area contributed by atoms with Crippen molar-refractivity contribution in [3.8, 4) is 0 Å². The van der Waals surface area contributed by atoms with E-state index in [0.29, 0.717) is 6.04 Å². The van der Waals surface area contributed by atoms with Gasteiger partial charge in [0, 0.05) is 24.7 Å². The van der Waals surface area contributed by atoms with Gasteiger partial charge in [-0.25, -0.2) is 0 Å². The van der Waals surface area contributed by atoms with Crippen molar-refractivity contribution in [1.29, 1.82) is 0 Å². The summed E-state index contributed by atoms with van der Waals surface area (Å²) in [6, 6.07) is 0.437. The molecule has 0 amide bonds. The molecule has 116 valence electrons. The monoisotopic (exact) mass is 274 g/mol. The molecular formula is C15H34N2O2. The first kappa shape index (κ1) is 18.8.